The van der Waals surface area contributed by atoms with Crippen LogP contribution in [0, 0.1) is 27.0 Å². The van der Waals surface area contributed by atoms with Crippen molar-refractivity contribution in [2.45, 2.75) is 168 Å². The molecule has 4 heterocycles. The van der Waals surface area contributed by atoms with Crippen LogP contribution in [-0.4, -0.2) is 194 Å². The van der Waals surface area contributed by atoms with E-state index in [1.165, 1.54) is 21.5 Å². The van der Waals surface area contributed by atoms with Gasteiger partial charge in [0.15, 0.2) is 12.5 Å². The van der Waals surface area contributed by atoms with Gasteiger partial charge in [-0.25, -0.2) is 32.1 Å². The molecule has 0 radical (unpaired) electrons. The van der Waals surface area contributed by atoms with Gasteiger partial charge in [-0.2, -0.15) is 0 Å². The lowest BCUT2D eigenvalue weighted by Gasteiger charge is -2.39. The summed E-state index contributed by atoms with van der Waals surface area (Å²) in [6, 6.07) is 0.218. The van der Waals surface area contributed by atoms with Crippen LogP contribution in [0.25, 0.3) is 9.69 Å². The van der Waals surface area contributed by atoms with Gasteiger partial charge < -0.3 is 65.3 Å². The zero-order valence-electron chi connectivity index (χ0n) is 48.9. The third-order valence-corrected chi connectivity index (χ3v) is 21.9. The molecule has 0 aliphatic carbocycles. The third-order valence-electron chi connectivity index (χ3n) is 13.1. The van der Waals surface area contributed by atoms with Gasteiger partial charge in [-0.1, -0.05) is 13.8 Å². The van der Waals surface area contributed by atoms with Crippen LogP contribution < -0.4 is 22.5 Å². The fraction of sp³-hybridized carbons (Fsp3) is 0.800. The number of nitrogens with zero attached hydrogens (tertiary/aromatic N) is 6. The predicted molar refractivity (Wildman–Crippen MR) is 304 cm³/mol. The van der Waals surface area contributed by atoms with Crippen LogP contribution >= 0.6 is 31.3 Å². The highest BCUT2D eigenvalue weighted by Gasteiger charge is 2.55. The number of hydrogen-bond acceptors (Lipinski definition) is 18. The van der Waals surface area contributed by atoms with Crippen molar-refractivity contribution in [2.24, 2.45) is 0 Å². The average molecular weight is 1180 g/mol. The molecule has 0 amide bonds. The lowest BCUT2D eigenvalue weighted by atomic mass is 10.1. The maximum atomic E-state index is 13.3. The Balaban J connectivity index is 0.000000410. The van der Waals surface area contributed by atoms with E-state index < -0.39 is 114 Å². The summed E-state index contributed by atoms with van der Waals surface area (Å²) in [6.07, 6.45) is -3.73. The van der Waals surface area contributed by atoms with Crippen LogP contribution in [0.4, 0.5) is 0 Å². The summed E-state index contributed by atoms with van der Waals surface area (Å²) in [7, 11) is -5.69. The van der Waals surface area contributed by atoms with E-state index in [1.54, 1.807) is 54.7 Å². The summed E-state index contributed by atoms with van der Waals surface area (Å²) < 4.78 is 94.9. The maximum Gasteiger partial charge on any atom is 0.330 e. The minimum Gasteiger partial charge on any atom is -0.382 e. The molecule has 2 N–H and O–H groups in total. The van der Waals surface area contributed by atoms with Gasteiger partial charge in [0.1, 0.15) is 37.6 Å². The number of aromatic nitrogens is 4. The van der Waals surface area contributed by atoms with Crippen LogP contribution in [0.2, 0.25) is 0 Å². The van der Waals surface area contributed by atoms with Gasteiger partial charge in [0.05, 0.1) is 52.9 Å². The largest absolute Gasteiger partial charge is 0.382 e. The molecule has 2 aliphatic rings. The molecule has 0 spiro atoms. The second-order valence-electron chi connectivity index (χ2n) is 21.1. The van der Waals surface area contributed by atoms with E-state index >= 15 is 0 Å². The molecule has 2 unspecified atom stereocenters. The topological polar surface area (TPSA) is 251 Å². The predicted octanol–water partition coefficient (Wildman–Crippen LogP) is 6.90. The molecule has 28 heteroatoms. The molecule has 2 aromatic heterocycles. The molecule has 0 bridgehead atoms. The van der Waals surface area contributed by atoms with E-state index in [2.05, 4.69) is 29.0 Å². The first-order valence-electron chi connectivity index (χ1n) is 26.2. The minimum absolute atomic E-state index is 0.0545. The zero-order valence-corrected chi connectivity index (χ0v) is 52.5. The maximum absolute atomic E-state index is 13.3. The first kappa shape index (κ1) is 69.4. The van der Waals surface area contributed by atoms with Crippen LogP contribution in [0.15, 0.2) is 31.6 Å². The summed E-state index contributed by atoms with van der Waals surface area (Å²) >= 11 is 0. The van der Waals surface area contributed by atoms with Gasteiger partial charge in [-0.15, -0.1) is 0 Å². The highest BCUT2D eigenvalue weighted by atomic mass is 31.2. The smallest absolute Gasteiger partial charge is 0.330 e. The van der Waals surface area contributed by atoms with Gasteiger partial charge >= 0.3 is 11.4 Å². The van der Waals surface area contributed by atoms with Crippen molar-refractivity contribution in [2.75, 3.05) is 93.6 Å². The molecule has 78 heavy (non-hydrogen) atoms. The van der Waals surface area contributed by atoms with Crippen molar-refractivity contribution in [3.63, 3.8) is 0 Å². The summed E-state index contributed by atoms with van der Waals surface area (Å²) in [5.74, 6) is 0. The quantitative estimate of drug-likeness (QED) is 0.0458. The fourth-order valence-corrected chi connectivity index (χ4v) is 14.1. The Labute approximate surface area is 463 Å². The number of aromatic amines is 2. The normalized spacial score (nSPS) is 23.5. The Morgan fingerprint density at radius 3 is 1.17 bits per heavy atom. The Bertz CT molecular complexity index is 2420. The van der Waals surface area contributed by atoms with Crippen LogP contribution in [-0.2, 0) is 55.6 Å². The number of H-pyrrole nitrogens is 2. The summed E-state index contributed by atoms with van der Waals surface area (Å²) in [5.41, 5.74) is -2.53. The number of hydrogen-bond donors (Lipinski definition) is 2. The van der Waals surface area contributed by atoms with Crippen molar-refractivity contribution >= 4 is 31.3 Å². The average Bonchev–Trinajstić information content (AvgIpc) is 3.95. The molecule has 2 aliphatic heterocycles. The molecular weight excluding hydrogens is 1090 g/mol. The first-order valence-corrected chi connectivity index (χ1v) is 33.8. The molecule has 2 fully saturated rings. The number of aryl methyl sites for hydroxylation is 2. The lowest BCUT2D eigenvalue weighted by Crippen LogP contribution is -2.44. The fourth-order valence-electron chi connectivity index (χ4n) is 8.73. The zero-order chi connectivity index (χ0) is 59.0. The lowest BCUT2D eigenvalue weighted by molar-refractivity contribution is -0.0784. The van der Waals surface area contributed by atoms with Crippen molar-refractivity contribution < 1.29 is 55.6 Å². The second-order valence-corrected chi connectivity index (χ2v) is 31.3. The molecule has 2 aromatic rings. The Morgan fingerprint density at radius 1 is 0.577 bits per heavy atom. The molecule has 24 nitrogen and oxygen atoms in total. The van der Waals surface area contributed by atoms with Crippen molar-refractivity contribution in [1.29, 1.82) is 0 Å². The van der Waals surface area contributed by atoms with Crippen LogP contribution in [0.3, 0.4) is 0 Å². The second kappa shape index (κ2) is 32.1. The van der Waals surface area contributed by atoms with E-state index in [-0.39, 0.29) is 76.9 Å². The Kier molecular flexibility index (Phi) is 28.6. The highest BCUT2D eigenvalue weighted by Crippen LogP contribution is 2.56. The van der Waals surface area contributed by atoms with E-state index in [0.29, 0.717) is 11.1 Å². The molecule has 2 saturated heterocycles. The standard InChI is InChI=1S/2C25H44N4O8P2/c2*1-16(2)29(17(3)4)38(35-12-11-26-7)37-21-20(19(6)39(9,10)32)36-24(22(21)34-14-13-33-8)28-15-18(5)23(30)27-25(28)31/h2*15-17,19-22,24H,11-14H2,1-6,8-10H3,(H,27,30,31)/t19-,20+,21+,22+,24+,38?;19-,20-,21-,22-,24-,38?/m01/s1. The Morgan fingerprint density at radius 2 is 0.897 bits per heavy atom. The van der Waals surface area contributed by atoms with E-state index in [9.17, 15) is 28.3 Å². The molecule has 0 aromatic carbocycles. The number of rotatable bonds is 30. The van der Waals surface area contributed by atoms with Gasteiger partial charge in [-0.3, -0.25) is 28.7 Å². The first-order chi connectivity index (χ1) is 36.5. The van der Waals surface area contributed by atoms with Crippen molar-refractivity contribution in [3.05, 3.63) is 88.0 Å². The van der Waals surface area contributed by atoms with Crippen LogP contribution in [0.5, 0.6) is 0 Å². The number of nitrogens with one attached hydrogen (secondary N) is 2. The summed E-state index contributed by atoms with van der Waals surface area (Å²) in [4.78, 5) is 61.4. The minimum atomic E-state index is -2.70. The molecule has 0 saturated carbocycles. The van der Waals surface area contributed by atoms with E-state index in [0.717, 1.165) is 0 Å². The summed E-state index contributed by atoms with van der Waals surface area (Å²) in [6.45, 7) is 45.9. The monoisotopic (exact) mass is 1180 g/mol. The van der Waals surface area contributed by atoms with E-state index in [1.807, 2.05) is 69.2 Å². The molecular formula is C50H88N8O16P4. The van der Waals surface area contributed by atoms with Gasteiger partial charge in [0, 0.05) is 73.2 Å². The van der Waals surface area contributed by atoms with Gasteiger partial charge in [-0.05, 0) is 95.9 Å². The molecule has 12 atom stereocenters. The van der Waals surface area contributed by atoms with E-state index in [4.69, 9.17) is 59.7 Å². The molecule has 4 rings (SSSR count). The SMILES string of the molecule is [C-]#[N+]CCOP(O[C@H]1[C@@H](OCCOC)[C@H](n2cc(C)c(=O)[nH]c2=O)O[C@@H]1[C@@H](C)P(C)(C)=O)N(C(C)C)C(C)C.[C-]#[N+]CCOP(O[C@H]1[C@@H](OCCOC)[C@H](n2cc(C)c(=O)[nH]c2=O)O[C@@H]1[C@H](C)P(C)(C)=O)N(C(C)C)C(C)C. The summed E-state index contributed by atoms with van der Waals surface area (Å²) in [5, 5.41) is 0. The van der Waals surface area contributed by atoms with Gasteiger partial charge in [0.25, 0.3) is 28.2 Å². The Hall–Kier alpha value is -2.82. The number of methoxy groups -OCH3 is 2. The number of ether oxygens (including phenoxy) is 6. The molecule has 444 valence electrons. The van der Waals surface area contributed by atoms with Crippen molar-refractivity contribution in [3.8, 4) is 0 Å². The van der Waals surface area contributed by atoms with Crippen LogP contribution in [0.1, 0.15) is 92.8 Å². The van der Waals surface area contributed by atoms with Gasteiger partial charge in [0.2, 0.25) is 13.1 Å². The van der Waals surface area contributed by atoms with Crippen molar-refractivity contribution in [1.82, 2.24) is 28.4 Å². The third kappa shape index (κ3) is 19.1. The highest BCUT2D eigenvalue weighted by molar-refractivity contribution is 7.63.